The molecule has 1 heterocycles. The lowest BCUT2D eigenvalue weighted by Gasteiger charge is -2.18. The Labute approximate surface area is 177 Å². The molecule has 0 amide bonds. The normalized spacial score (nSPS) is 11.9. The van der Waals surface area contributed by atoms with Gasteiger partial charge in [-0.25, -0.2) is 8.42 Å². The molecule has 2 aromatic carbocycles. The van der Waals surface area contributed by atoms with Gasteiger partial charge in [0.05, 0.1) is 4.90 Å². The van der Waals surface area contributed by atoms with Crippen LogP contribution in [0.2, 0.25) is 0 Å². The maximum atomic E-state index is 12.9. The van der Waals surface area contributed by atoms with E-state index in [1.807, 2.05) is 44.4 Å². The van der Waals surface area contributed by atoms with Crippen molar-refractivity contribution in [2.24, 2.45) is 0 Å². The average Bonchev–Trinajstić information content (AvgIpc) is 3.16. The molecule has 3 rings (SSSR count). The fraction of sp³-hybridized carbons (Fsp3) is 0.333. The lowest BCUT2D eigenvalue weighted by atomic mass is 10.1. The summed E-state index contributed by atoms with van der Waals surface area (Å²) >= 11 is 1.53. The molecule has 154 valence electrons. The molecule has 8 heteroatoms. The largest absolute Gasteiger partial charge is 0.302 e. The molecule has 0 saturated heterocycles. The Balaban J connectivity index is 1.96. The first-order valence-corrected chi connectivity index (χ1v) is 12.3. The molecule has 29 heavy (non-hydrogen) atoms. The van der Waals surface area contributed by atoms with Gasteiger partial charge in [-0.15, -0.1) is 10.2 Å². The summed E-state index contributed by atoms with van der Waals surface area (Å²) in [6.07, 6.45) is 2.81. The zero-order chi connectivity index (χ0) is 20.9. The number of thioether (sulfide) groups is 1. The maximum Gasteiger partial charge on any atom is 0.243 e. The van der Waals surface area contributed by atoms with Gasteiger partial charge < -0.3 is 4.57 Å². The van der Waals surface area contributed by atoms with Crippen molar-refractivity contribution < 1.29 is 8.42 Å². The van der Waals surface area contributed by atoms with E-state index in [4.69, 9.17) is 0 Å². The summed E-state index contributed by atoms with van der Waals surface area (Å²) in [6, 6.07) is 17.2. The van der Waals surface area contributed by atoms with Crippen molar-refractivity contribution in [1.82, 2.24) is 19.1 Å². The third-order valence-electron chi connectivity index (χ3n) is 4.80. The van der Waals surface area contributed by atoms with E-state index in [9.17, 15) is 8.42 Å². The molecule has 0 saturated carbocycles. The average molecular weight is 431 g/mol. The molecule has 0 radical (unpaired) electrons. The van der Waals surface area contributed by atoms with E-state index in [0.717, 1.165) is 23.7 Å². The number of aryl methyl sites for hydroxylation is 1. The van der Waals surface area contributed by atoms with Crippen LogP contribution in [0.15, 0.2) is 64.6 Å². The summed E-state index contributed by atoms with van der Waals surface area (Å²) in [5.41, 5.74) is 1.98. The quantitative estimate of drug-likeness (QED) is 0.481. The van der Waals surface area contributed by atoms with Crippen molar-refractivity contribution in [3.63, 3.8) is 0 Å². The van der Waals surface area contributed by atoms with Gasteiger partial charge in [0.25, 0.3) is 0 Å². The monoisotopic (exact) mass is 430 g/mol. The highest BCUT2D eigenvalue weighted by molar-refractivity contribution is 7.98. The molecule has 0 aliphatic rings. The van der Waals surface area contributed by atoms with Gasteiger partial charge in [-0.05, 0) is 30.4 Å². The molecule has 0 bridgehead atoms. The van der Waals surface area contributed by atoms with Crippen LogP contribution in [-0.2, 0) is 23.0 Å². The van der Waals surface area contributed by atoms with Gasteiger partial charge in [0, 0.05) is 25.2 Å². The summed E-state index contributed by atoms with van der Waals surface area (Å²) in [7, 11) is -3.53. The van der Waals surface area contributed by atoms with Gasteiger partial charge in [0.1, 0.15) is 0 Å². The van der Waals surface area contributed by atoms with Gasteiger partial charge in [-0.2, -0.15) is 4.31 Å². The van der Waals surface area contributed by atoms with Gasteiger partial charge in [-0.3, -0.25) is 0 Å². The molecule has 0 aliphatic carbocycles. The zero-order valence-corrected chi connectivity index (χ0v) is 18.6. The van der Waals surface area contributed by atoms with E-state index < -0.39 is 10.0 Å². The van der Waals surface area contributed by atoms with Gasteiger partial charge in [0.15, 0.2) is 11.0 Å². The van der Waals surface area contributed by atoms with Crippen LogP contribution in [0.25, 0.3) is 11.4 Å². The Bertz CT molecular complexity index is 1050. The van der Waals surface area contributed by atoms with E-state index >= 15 is 0 Å². The van der Waals surface area contributed by atoms with Crippen molar-refractivity contribution in [2.75, 3.05) is 19.3 Å². The third kappa shape index (κ3) is 4.71. The summed E-state index contributed by atoms with van der Waals surface area (Å²) in [6.45, 7) is 5.28. The molecular weight excluding hydrogens is 404 g/mol. The smallest absolute Gasteiger partial charge is 0.243 e. The second-order valence-electron chi connectivity index (χ2n) is 6.51. The van der Waals surface area contributed by atoms with Crippen LogP contribution in [0.1, 0.15) is 19.4 Å². The van der Waals surface area contributed by atoms with Crippen molar-refractivity contribution in [3.8, 4) is 11.4 Å². The fourth-order valence-electron chi connectivity index (χ4n) is 3.25. The first-order chi connectivity index (χ1) is 14.0. The lowest BCUT2D eigenvalue weighted by molar-refractivity contribution is 0.445. The van der Waals surface area contributed by atoms with Crippen LogP contribution in [-0.4, -0.2) is 46.8 Å². The van der Waals surface area contributed by atoms with E-state index in [2.05, 4.69) is 26.9 Å². The first kappa shape index (κ1) is 21.5. The highest BCUT2D eigenvalue weighted by Gasteiger charge is 2.23. The van der Waals surface area contributed by atoms with E-state index in [0.29, 0.717) is 18.9 Å². The van der Waals surface area contributed by atoms with Crippen LogP contribution in [0.4, 0.5) is 0 Å². The molecule has 0 unspecified atom stereocenters. The van der Waals surface area contributed by atoms with Crippen LogP contribution in [0, 0.1) is 0 Å². The lowest BCUT2D eigenvalue weighted by Crippen LogP contribution is -2.30. The third-order valence-corrected chi connectivity index (χ3v) is 7.51. The summed E-state index contributed by atoms with van der Waals surface area (Å²) < 4.78 is 29.3. The Kier molecular flexibility index (Phi) is 7.10. The molecule has 6 nitrogen and oxygen atoms in total. The Morgan fingerprint density at radius 3 is 2.38 bits per heavy atom. The van der Waals surface area contributed by atoms with Crippen molar-refractivity contribution in [2.45, 2.75) is 36.9 Å². The predicted molar refractivity (Wildman–Crippen MR) is 117 cm³/mol. The maximum absolute atomic E-state index is 12.9. The van der Waals surface area contributed by atoms with E-state index in [1.54, 1.807) is 18.2 Å². The van der Waals surface area contributed by atoms with Crippen molar-refractivity contribution >= 4 is 21.8 Å². The van der Waals surface area contributed by atoms with Crippen molar-refractivity contribution in [1.29, 1.82) is 0 Å². The Morgan fingerprint density at radius 2 is 1.72 bits per heavy atom. The Morgan fingerprint density at radius 1 is 1.00 bits per heavy atom. The van der Waals surface area contributed by atoms with Gasteiger partial charge >= 0.3 is 0 Å². The van der Waals surface area contributed by atoms with Gasteiger partial charge in [0.2, 0.25) is 10.0 Å². The zero-order valence-electron chi connectivity index (χ0n) is 16.9. The number of rotatable bonds is 9. The second kappa shape index (κ2) is 9.56. The van der Waals surface area contributed by atoms with E-state index in [-0.39, 0.29) is 4.90 Å². The highest BCUT2D eigenvalue weighted by atomic mass is 32.2. The first-order valence-electron chi connectivity index (χ1n) is 9.63. The molecule has 0 N–H and O–H groups in total. The van der Waals surface area contributed by atoms with Crippen LogP contribution in [0.5, 0.6) is 0 Å². The Hall–Kier alpha value is -2.16. The number of hydrogen-bond donors (Lipinski definition) is 0. The SMILES string of the molecule is CCN(CC)S(=O)(=O)c1cccc(-c2nnc(SC)n2CCc2ccccc2)c1. The molecular formula is C21H26N4O2S2. The minimum atomic E-state index is -3.53. The van der Waals surface area contributed by atoms with E-state index in [1.165, 1.54) is 21.6 Å². The van der Waals surface area contributed by atoms with Crippen LogP contribution >= 0.6 is 11.8 Å². The molecule has 0 aliphatic heterocycles. The molecule has 1 aromatic heterocycles. The van der Waals surface area contributed by atoms with Crippen LogP contribution < -0.4 is 0 Å². The molecule has 0 atom stereocenters. The number of nitrogens with zero attached hydrogens (tertiary/aromatic N) is 4. The highest BCUT2D eigenvalue weighted by Crippen LogP contribution is 2.26. The number of sulfonamides is 1. The van der Waals surface area contributed by atoms with Gasteiger partial charge in [-0.1, -0.05) is 68.1 Å². The number of hydrogen-bond acceptors (Lipinski definition) is 5. The standard InChI is InChI=1S/C21H26N4O2S2/c1-4-24(5-2)29(26,27)19-13-9-12-18(16-19)20-22-23-21(28-3)25(20)15-14-17-10-7-6-8-11-17/h6-13,16H,4-5,14-15H2,1-3H3. The number of benzene rings is 2. The minimum absolute atomic E-state index is 0.280. The summed E-state index contributed by atoms with van der Waals surface area (Å²) in [5.74, 6) is 0.682. The summed E-state index contributed by atoms with van der Waals surface area (Å²) in [4.78, 5) is 0.280. The molecule has 3 aromatic rings. The minimum Gasteiger partial charge on any atom is -0.302 e. The summed E-state index contributed by atoms with van der Waals surface area (Å²) in [5, 5.41) is 9.47. The molecule has 0 spiro atoms. The fourth-order valence-corrected chi connectivity index (χ4v) is 5.27. The predicted octanol–water partition coefficient (Wildman–Crippen LogP) is 3.94. The molecule has 0 fully saturated rings. The topological polar surface area (TPSA) is 68.1 Å². The van der Waals surface area contributed by atoms with Crippen LogP contribution in [0.3, 0.4) is 0 Å². The number of aromatic nitrogens is 3. The second-order valence-corrected chi connectivity index (χ2v) is 9.23. The van der Waals surface area contributed by atoms with Crippen molar-refractivity contribution in [3.05, 3.63) is 60.2 Å².